The Labute approximate surface area is 168 Å². The Balaban J connectivity index is 1.74. The summed E-state index contributed by atoms with van der Waals surface area (Å²) in [6.07, 6.45) is 2.76. The van der Waals surface area contributed by atoms with Crippen molar-refractivity contribution < 1.29 is 23.8 Å². The molecule has 150 valence electrons. The largest absolute Gasteiger partial charge is 0.493 e. The summed E-state index contributed by atoms with van der Waals surface area (Å²) in [6, 6.07) is 5.50. The van der Waals surface area contributed by atoms with Crippen molar-refractivity contribution in [3.05, 3.63) is 39.8 Å². The average molecular weight is 404 g/mol. The molecule has 3 rings (SSSR count). The van der Waals surface area contributed by atoms with Gasteiger partial charge in [-0.15, -0.1) is 11.3 Å². The Morgan fingerprint density at radius 3 is 2.75 bits per heavy atom. The molecule has 2 aromatic rings. The number of hydrogen-bond donors (Lipinski definition) is 1. The predicted molar refractivity (Wildman–Crippen MR) is 109 cm³/mol. The zero-order valence-electron chi connectivity index (χ0n) is 16.6. The van der Waals surface area contributed by atoms with Gasteiger partial charge in [-0.1, -0.05) is 13.0 Å². The zero-order chi connectivity index (χ0) is 20.3. The number of carbonyl (C=O) groups is 2. The summed E-state index contributed by atoms with van der Waals surface area (Å²) in [7, 11) is 2.91. The molecule has 0 fully saturated rings. The summed E-state index contributed by atoms with van der Waals surface area (Å²) in [6.45, 7) is 3.97. The number of esters is 1. The fourth-order valence-electron chi connectivity index (χ4n) is 3.36. The third kappa shape index (κ3) is 4.30. The van der Waals surface area contributed by atoms with Gasteiger partial charge in [0.25, 0.3) is 5.91 Å². The first-order valence-electron chi connectivity index (χ1n) is 9.23. The van der Waals surface area contributed by atoms with Crippen LogP contribution < -0.4 is 14.8 Å². The van der Waals surface area contributed by atoms with E-state index in [1.807, 2.05) is 19.1 Å². The second-order valence-corrected chi connectivity index (χ2v) is 8.14. The van der Waals surface area contributed by atoms with Gasteiger partial charge in [0.05, 0.1) is 19.8 Å². The molecular formula is C21H25NO5S. The molecule has 1 aliphatic rings. The SMILES string of the molecule is COC(=O)c1c(NC(=O)COc2ccc(C)cc2OC)sc2c1CC[C@H](C)C2. The van der Waals surface area contributed by atoms with Crippen LogP contribution in [0.3, 0.4) is 0 Å². The molecule has 6 nitrogen and oxygen atoms in total. The van der Waals surface area contributed by atoms with Crippen molar-refractivity contribution in [3.8, 4) is 11.5 Å². The lowest BCUT2D eigenvalue weighted by Gasteiger charge is -2.18. The van der Waals surface area contributed by atoms with E-state index in [2.05, 4.69) is 12.2 Å². The Bertz CT molecular complexity index is 889. The molecule has 7 heteroatoms. The van der Waals surface area contributed by atoms with Gasteiger partial charge in [0, 0.05) is 4.88 Å². The van der Waals surface area contributed by atoms with Crippen LogP contribution in [0.2, 0.25) is 0 Å². The van der Waals surface area contributed by atoms with E-state index < -0.39 is 5.97 Å². The standard InChI is InChI=1S/C21H25NO5S/c1-12-6-8-15(16(9-12)25-3)27-11-18(23)22-20-19(21(24)26-4)14-7-5-13(2)10-17(14)28-20/h6,8-9,13H,5,7,10-11H2,1-4H3,(H,22,23)/t13-/m0/s1. The molecule has 1 atom stereocenters. The molecule has 0 saturated heterocycles. The fraction of sp³-hybridized carbons (Fsp3) is 0.429. The van der Waals surface area contributed by atoms with Gasteiger partial charge in [0.2, 0.25) is 0 Å². The Morgan fingerprint density at radius 2 is 2.04 bits per heavy atom. The lowest BCUT2D eigenvalue weighted by atomic mass is 9.88. The van der Waals surface area contributed by atoms with E-state index in [4.69, 9.17) is 14.2 Å². The van der Waals surface area contributed by atoms with Crippen molar-refractivity contribution in [3.63, 3.8) is 0 Å². The lowest BCUT2D eigenvalue weighted by molar-refractivity contribution is -0.118. The number of amides is 1. The number of rotatable bonds is 6. The number of aryl methyl sites for hydroxylation is 1. The fourth-order valence-corrected chi connectivity index (χ4v) is 4.77. The molecule has 1 aromatic carbocycles. The second kappa shape index (κ2) is 8.65. The second-order valence-electron chi connectivity index (χ2n) is 7.04. The summed E-state index contributed by atoms with van der Waals surface area (Å²) in [5.41, 5.74) is 2.52. The highest BCUT2D eigenvalue weighted by Gasteiger charge is 2.28. The molecule has 0 unspecified atom stereocenters. The van der Waals surface area contributed by atoms with Crippen molar-refractivity contribution in [2.75, 3.05) is 26.1 Å². The molecule has 1 heterocycles. The van der Waals surface area contributed by atoms with E-state index in [9.17, 15) is 9.59 Å². The first-order chi connectivity index (χ1) is 13.4. The molecule has 0 radical (unpaired) electrons. The number of hydrogen-bond acceptors (Lipinski definition) is 6. The number of fused-ring (bicyclic) bond motifs is 1. The summed E-state index contributed by atoms with van der Waals surface area (Å²) in [4.78, 5) is 25.9. The summed E-state index contributed by atoms with van der Waals surface area (Å²) < 4.78 is 15.9. The van der Waals surface area contributed by atoms with E-state index in [-0.39, 0.29) is 12.5 Å². The molecule has 1 aromatic heterocycles. The van der Waals surface area contributed by atoms with E-state index in [0.717, 1.165) is 35.3 Å². The molecule has 1 N–H and O–H groups in total. The van der Waals surface area contributed by atoms with E-state index >= 15 is 0 Å². The average Bonchev–Trinajstić information content (AvgIpc) is 3.02. The first-order valence-corrected chi connectivity index (χ1v) is 10.0. The summed E-state index contributed by atoms with van der Waals surface area (Å²) >= 11 is 1.46. The molecular weight excluding hydrogens is 378 g/mol. The van der Waals surface area contributed by atoms with Gasteiger partial charge in [-0.05, 0) is 55.4 Å². The van der Waals surface area contributed by atoms with Gasteiger partial charge in [0.1, 0.15) is 5.00 Å². The van der Waals surface area contributed by atoms with Gasteiger partial charge in [0.15, 0.2) is 18.1 Å². The van der Waals surface area contributed by atoms with Crippen LogP contribution in [0.1, 0.15) is 39.7 Å². The topological polar surface area (TPSA) is 73.9 Å². The van der Waals surface area contributed by atoms with Crippen molar-refractivity contribution in [1.82, 2.24) is 0 Å². The molecule has 0 bridgehead atoms. The van der Waals surface area contributed by atoms with Crippen LogP contribution in [0.4, 0.5) is 5.00 Å². The van der Waals surface area contributed by atoms with Crippen molar-refractivity contribution >= 4 is 28.2 Å². The highest BCUT2D eigenvalue weighted by Crippen LogP contribution is 2.40. The number of thiophene rings is 1. The van der Waals surface area contributed by atoms with E-state index in [0.29, 0.717) is 28.0 Å². The number of ether oxygens (including phenoxy) is 3. The van der Waals surface area contributed by atoms with Crippen LogP contribution in [0.25, 0.3) is 0 Å². The zero-order valence-corrected chi connectivity index (χ0v) is 17.4. The van der Waals surface area contributed by atoms with Gasteiger partial charge in [-0.3, -0.25) is 4.79 Å². The van der Waals surface area contributed by atoms with Gasteiger partial charge >= 0.3 is 5.97 Å². The predicted octanol–water partition coefficient (Wildman–Crippen LogP) is 3.99. The molecule has 28 heavy (non-hydrogen) atoms. The van der Waals surface area contributed by atoms with E-state index in [1.165, 1.54) is 18.4 Å². The number of benzene rings is 1. The van der Waals surface area contributed by atoms with Crippen molar-refractivity contribution in [1.29, 1.82) is 0 Å². The molecule has 1 aliphatic carbocycles. The van der Waals surface area contributed by atoms with Crippen LogP contribution in [0.5, 0.6) is 11.5 Å². The van der Waals surface area contributed by atoms with Crippen LogP contribution >= 0.6 is 11.3 Å². The highest BCUT2D eigenvalue weighted by molar-refractivity contribution is 7.17. The van der Waals surface area contributed by atoms with Crippen molar-refractivity contribution in [2.24, 2.45) is 5.92 Å². The maximum atomic E-state index is 12.5. The molecule has 0 aliphatic heterocycles. The Morgan fingerprint density at radius 1 is 1.25 bits per heavy atom. The van der Waals surface area contributed by atoms with Crippen molar-refractivity contribution in [2.45, 2.75) is 33.1 Å². The normalized spacial score (nSPS) is 15.5. The van der Waals surface area contributed by atoms with Crippen LogP contribution in [-0.4, -0.2) is 32.7 Å². The van der Waals surface area contributed by atoms with Gasteiger partial charge in [-0.25, -0.2) is 4.79 Å². The molecule has 1 amide bonds. The Kier molecular flexibility index (Phi) is 6.24. The van der Waals surface area contributed by atoms with E-state index in [1.54, 1.807) is 13.2 Å². The first kappa shape index (κ1) is 20.2. The lowest BCUT2D eigenvalue weighted by Crippen LogP contribution is -2.21. The van der Waals surface area contributed by atoms with Crippen LogP contribution in [0.15, 0.2) is 18.2 Å². The Hall–Kier alpha value is -2.54. The number of nitrogens with one attached hydrogen (secondary N) is 1. The third-order valence-corrected chi connectivity index (χ3v) is 6.00. The molecule has 0 saturated carbocycles. The minimum atomic E-state index is -0.413. The summed E-state index contributed by atoms with van der Waals surface area (Å²) in [5, 5.41) is 3.37. The minimum Gasteiger partial charge on any atom is -0.493 e. The number of methoxy groups -OCH3 is 2. The smallest absolute Gasteiger partial charge is 0.341 e. The molecule has 0 spiro atoms. The number of carbonyl (C=O) groups excluding carboxylic acids is 2. The summed E-state index contributed by atoms with van der Waals surface area (Å²) in [5.74, 6) is 0.889. The van der Waals surface area contributed by atoms with Crippen LogP contribution in [0, 0.1) is 12.8 Å². The maximum Gasteiger partial charge on any atom is 0.341 e. The highest BCUT2D eigenvalue weighted by atomic mass is 32.1. The van der Waals surface area contributed by atoms with Crippen LogP contribution in [-0.2, 0) is 22.4 Å². The monoisotopic (exact) mass is 403 g/mol. The van der Waals surface area contributed by atoms with Gasteiger partial charge in [-0.2, -0.15) is 0 Å². The third-order valence-electron chi connectivity index (χ3n) is 4.83. The van der Waals surface area contributed by atoms with Gasteiger partial charge < -0.3 is 19.5 Å². The number of anilines is 1. The quantitative estimate of drug-likeness (QED) is 0.738. The minimum absolute atomic E-state index is 0.182. The maximum absolute atomic E-state index is 12.5.